The summed E-state index contributed by atoms with van der Waals surface area (Å²) in [6.45, 7) is 4.42. The van der Waals surface area contributed by atoms with Crippen LogP contribution in [0, 0.1) is 6.92 Å². The van der Waals surface area contributed by atoms with Gasteiger partial charge in [-0.3, -0.25) is 0 Å². The zero-order chi connectivity index (χ0) is 9.26. The first-order valence-electron chi connectivity index (χ1n) is 4.74. The van der Waals surface area contributed by atoms with Crippen molar-refractivity contribution < 1.29 is 0 Å². The summed E-state index contributed by atoms with van der Waals surface area (Å²) in [5, 5.41) is 10.6. The summed E-state index contributed by atoms with van der Waals surface area (Å²) in [5.74, 6) is 0.669. The molecule has 2 rings (SSSR count). The van der Waals surface area contributed by atoms with Gasteiger partial charge >= 0.3 is 0 Å². The van der Waals surface area contributed by atoms with Gasteiger partial charge in [0.1, 0.15) is 10.0 Å². The van der Waals surface area contributed by atoms with Gasteiger partial charge in [0.2, 0.25) is 0 Å². The lowest BCUT2D eigenvalue weighted by molar-refractivity contribution is 0.255. The molecule has 0 aromatic carbocycles. The standard InChI is InChI=1S/C9H15N3S/c1-7-10-11-9(13-7)8-3-5-12(2)6-4-8/h8H,3-6H2,1-2H3. The highest BCUT2D eigenvalue weighted by atomic mass is 32.1. The number of likely N-dealkylation sites (tertiary alicyclic amines) is 1. The first-order chi connectivity index (χ1) is 6.25. The third kappa shape index (κ3) is 2.06. The summed E-state index contributed by atoms with van der Waals surface area (Å²) < 4.78 is 0. The van der Waals surface area contributed by atoms with Crippen molar-refractivity contribution in [1.82, 2.24) is 15.1 Å². The predicted octanol–water partition coefficient (Wildman–Crippen LogP) is 1.66. The lowest BCUT2D eigenvalue weighted by Crippen LogP contribution is -2.29. The Hall–Kier alpha value is -0.480. The van der Waals surface area contributed by atoms with E-state index in [-0.39, 0.29) is 0 Å². The van der Waals surface area contributed by atoms with E-state index in [4.69, 9.17) is 0 Å². The van der Waals surface area contributed by atoms with E-state index in [0.29, 0.717) is 5.92 Å². The molecule has 0 radical (unpaired) electrons. The topological polar surface area (TPSA) is 29.0 Å². The summed E-state index contributed by atoms with van der Waals surface area (Å²) >= 11 is 1.75. The number of nitrogens with zero attached hydrogens (tertiary/aromatic N) is 3. The molecule has 4 heteroatoms. The second-order valence-electron chi connectivity index (χ2n) is 3.74. The molecule has 0 atom stereocenters. The maximum atomic E-state index is 4.21. The minimum Gasteiger partial charge on any atom is -0.306 e. The number of hydrogen-bond donors (Lipinski definition) is 0. The van der Waals surface area contributed by atoms with Crippen LogP contribution in [0.25, 0.3) is 0 Å². The Balaban J connectivity index is 2.02. The molecule has 2 heterocycles. The van der Waals surface area contributed by atoms with Crippen molar-refractivity contribution in [2.24, 2.45) is 0 Å². The van der Waals surface area contributed by atoms with Gasteiger partial charge in [0, 0.05) is 5.92 Å². The molecule has 0 N–H and O–H groups in total. The smallest absolute Gasteiger partial charge is 0.120 e. The summed E-state index contributed by atoms with van der Waals surface area (Å²) in [7, 11) is 2.18. The van der Waals surface area contributed by atoms with Gasteiger partial charge in [-0.05, 0) is 39.9 Å². The number of piperidine rings is 1. The Kier molecular flexibility index (Phi) is 2.60. The third-order valence-corrected chi connectivity index (χ3v) is 3.61. The summed E-state index contributed by atoms with van der Waals surface area (Å²) in [6.07, 6.45) is 2.48. The summed E-state index contributed by atoms with van der Waals surface area (Å²) in [6, 6.07) is 0. The fraction of sp³-hybridized carbons (Fsp3) is 0.778. The van der Waals surface area contributed by atoms with Crippen LogP contribution in [0.2, 0.25) is 0 Å². The molecule has 1 aliphatic heterocycles. The molecule has 0 spiro atoms. The monoisotopic (exact) mass is 197 g/mol. The van der Waals surface area contributed by atoms with Crippen LogP contribution in [0.4, 0.5) is 0 Å². The van der Waals surface area contributed by atoms with E-state index in [1.807, 2.05) is 6.92 Å². The van der Waals surface area contributed by atoms with Crippen LogP contribution < -0.4 is 0 Å². The van der Waals surface area contributed by atoms with Gasteiger partial charge in [-0.1, -0.05) is 0 Å². The van der Waals surface area contributed by atoms with Gasteiger partial charge in [-0.25, -0.2) is 0 Å². The first kappa shape index (κ1) is 9.09. The quantitative estimate of drug-likeness (QED) is 0.685. The number of aromatic nitrogens is 2. The second-order valence-corrected chi connectivity index (χ2v) is 4.95. The molecule has 3 nitrogen and oxygen atoms in total. The Bertz CT molecular complexity index is 276. The van der Waals surface area contributed by atoms with Crippen LogP contribution in [0.3, 0.4) is 0 Å². The zero-order valence-corrected chi connectivity index (χ0v) is 8.97. The molecule has 13 heavy (non-hydrogen) atoms. The molecule has 1 aromatic heterocycles. The second kappa shape index (κ2) is 3.72. The van der Waals surface area contributed by atoms with Crippen molar-refractivity contribution in [3.63, 3.8) is 0 Å². The van der Waals surface area contributed by atoms with Crippen molar-refractivity contribution >= 4 is 11.3 Å². The average molecular weight is 197 g/mol. The molecular weight excluding hydrogens is 182 g/mol. The number of rotatable bonds is 1. The van der Waals surface area contributed by atoms with Crippen LogP contribution >= 0.6 is 11.3 Å². The molecule has 1 fully saturated rings. The van der Waals surface area contributed by atoms with Crippen molar-refractivity contribution in [3.05, 3.63) is 10.0 Å². The van der Waals surface area contributed by atoms with Crippen molar-refractivity contribution in [2.75, 3.05) is 20.1 Å². The van der Waals surface area contributed by atoms with Gasteiger partial charge < -0.3 is 4.90 Å². The first-order valence-corrected chi connectivity index (χ1v) is 5.56. The fourth-order valence-corrected chi connectivity index (χ4v) is 2.60. The van der Waals surface area contributed by atoms with Crippen molar-refractivity contribution in [2.45, 2.75) is 25.7 Å². The van der Waals surface area contributed by atoms with E-state index in [1.165, 1.54) is 30.9 Å². The van der Waals surface area contributed by atoms with E-state index >= 15 is 0 Å². The highest BCUT2D eigenvalue weighted by molar-refractivity contribution is 7.11. The minimum atomic E-state index is 0.669. The molecule has 0 aliphatic carbocycles. The maximum Gasteiger partial charge on any atom is 0.120 e. The van der Waals surface area contributed by atoms with E-state index < -0.39 is 0 Å². The Morgan fingerprint density at radius 1 is 1.31 bits per heavy atom. The molecule has 0 bridgehead atoms. The molecule has 1 saturated heterocycles. The third-order valence-electron chi connectivity index (χ3n) is 2.61. The largest absolute Gasteiger partial charge is 0.306 e. The van der Waals surface area contributed by atoms with Crippen LogP contribution in [0.1, 0.15) is 28.8 Å². The SMILES string of the molecule is Cc1nnc(C2CCN(C)CC2)s1. The minimum absolute atomic E-state index is 0.669. The van der Waals surface area contributed by atoms with Gasteiger partial charge in [0.15, 0.2) is 0 Å². The zero-order valence-electron chi connectivity index (χ0n) is 8.16. The highest BCUT2D eigenvalue weighted by Gasteiger charge is 2.21. The van der Waals surface area contributed by atoms with Crippen LogP contribution in [0.5, 0.6) is 0 Å². The Morgan fingerprint density at radius 3 is 2.54 bits per heavy atom. The van der Waals surface area contributed by atoms with E-state index in [0.717, 1.165) is 5.01 Å². The van der Waals surface area contributed by atoms with Gasteiger partial charge in [-0.2, -0.15) is 0 Å². The molecule has 0 amide bonds. The molecule has 72 valence electrons. The van der Waals surface area contributed by atoms with Gasteiger partial charge in [0.05, 0.1) is 0 Å². The molecule has 1 aliphatic rings. The van der Waals surface area contributed by atoms with Crippen LogP contribution in [-0.2, 0) is 0 Å². The summed E-state index contributed by atoms with van der Waals surface area (Å²) in [5.41, 5.74) is 0. The van der Waals surface area contributed by atoms with E-state index in [2.05, 4.69) is 22.1 Å². The number of aryl methyl sites for hydroxylation is 1. The lowest BCUT2D eigenvalue weighted by atomic mass is 9.98. The summed E-state index contributed by atoms with van der Waals surface area (Å²) in [4.78, 5) is 2.38. The molecular formula is C9H15N3S. The molecule has 0 unspecified atom stereocenters. The van der Waals surface area contributed by atoms with E-state index in [9.17, 15) is 0 Å². The Labute approximate surface area is 82.8 Å². The van der Waals surface area contributed by atoms with Crippen LogP contribution in [0.15, 0.2) is 0 Å². The van der Waals surface area contributed by atoms with Crippen LogP contribution in [-0.4, -0.2) is 35.2 Å². The number of hydrogen-bond acceptors (Lipinski definition) is 4. The van der Waals surface area contributed by atoms with Crippen molar-refractivity contribution in [3.8, 4) is 0 Å². The van der Waals surface area contributed by atoms with Crippen molar-refractivity contribution in [1.29, 1.82) is 0 Å². The Morgan fingerprint density at radius 2 is 2.00 bits per heavy atom. The van der Waals surface area contributed by atoms with Gasteiger partial charge in [-0.15, -0.1) is 21.5 Å². The predicted molar refractivity (Wildman–Crippen MR) is 54.1 cm³/mol. The maximum absolute atomic E-state index is 4.21. The van der Waals surface area contributed by atoms with Gasteiger partial charge in [0.25, 0.3) is 0 Å². The lowest BCUT2D eigenvalue weighted by Gasteiger charge is -2.27. The molecule has 0 saturated carbocycles. The highest BCUT2D eigenvalue weighted by Crippen LogP contribution is 2.29. The van der Waals surface area contributed by atoms with E-state index in [1.54, 1.807) is 11.3 Å². The fourth-order valence-electron chi connectivity index (χ4n) is 1.73. The normalized spacial score (nSPS) is 20.8. The average Bonchev–Trinajstić information content (AvgIpc) is 2.53. The molecule has 1 aromatic rings.